The zero-order chi connectivity index (χ0) is 11.4. The van der Waals surface area contributed by atoms with Crippen molar-refractivity contribution in [2.24, 2.45) is 0 Å². The summed E-state index contributed by atoms with van der Waals surface area (Å²) < 4.78 is 34.9. The summed E-state index contributed by atoms with van der Waals surface area (Å²) >= 11 is 6.34. The van der Waals surface area contributed by atoms with Gasteiger partial charge >= 0.3 is 6.61 Å². The molecule has 1 aromatic rings. The van der Waals surface area contributed by atoms with Crippen LogP contribution in [-0.2, 0) is 0 Å². The van der Waals surface area contributed by atoms with Crippen molar-refractivity contribution in [1.82, 2.24) is 0 Å². The molecule has 0 spiro atoms. The summed E-state index contributed by atoms with van der Waals surface area (Å²) in [5.74, 6) is 0.286. The Bertz CT molecular complexity index is 345. The lowest BCUT2D eigenvalue weighted by Crippen LogP contribution is -2.05. The van der Waals surface area contributed by atoms with Crippen LogP contribution in [0.3, 0.4) is 0 Å². The molecular weight excluding hydrogens is 338 g/mol. The van der Waals surface area contributed by atoms with Crippen molar-refractivity contribution in [2.75, 3.05) is 6.61 Å². The number of rotatable bonds is 4. The molecule has 1 aromatic carbocycles. The van der Waals surface area contributed by atoms with Crippen molar-refractivity contribution >= 4 is 31.9 Å². The fraction of sp³-hybridized carbons (Fsp3) is 0.333. The molecule has 0 aromatic heterocycles. The fourth-order valence-electron chi connectivity index (χ4n) is 0.982. The van der Waals surface area contributed by atoms with Gasteiger partial charge in [-0.05, 0) is 50.9 Å². The van der Waals surface area contributed by atoms with E-state index in [2.05, 4.69) is 36.6 Å². The minimum absolute atomic E-state index is 0.00113. The van der Waals surface area contributed by atoms with Gasteiger partial charge in [0.15, 0.2) is 11.5 Å². The fourth-order valence-corrected chi connectivity index (χ4v) is 1.72. The van der Waals surface area contributed by atoms with Crippen LogP contribution in [0.2, 0.25) is 0 Å². The Morgan fingerprint density at radius 3 is 2.53 bits per heavy atom. The third-order valence-electron chi connectivity index (χ3n) is 1.52. The van der Waals surface area contributed by atoms with E-state index in [1.807, 2.05) is 0 Å². The van der Waals surface area contributed by atoms with E-state index in [1.165, 1.54) is 0 Å². The maximum Gasteiger partial charge on any atom is 0.387 e. The Hall–Kier alpha value is -0.360. The SMILES string of the molecule is CCOc1ccc(Br)c(Br)c1OC(F)F. The van der Waals surface area contributed by atoms with Gasteiger partial charge in [-0.1, -0.05) is 0 Å². The van der Waals surface area contributed by atoms with Gasteiger partial charge in [0, 0.05) is 4.47 Å². The summed E-state index contributed by atoms with van der Waals surface area (Å²) in [7, 11) is 0. The molecule has 0 amide bonds. The first-order valence-corrected chi connectivity index (χ1v) is 5.70. The molecule has 0 heterocycles. The molecule has 0 bridgehead atoms. The van der Waals surface area contributed by atoms with Crippen molar-refractivity contribution < 1.29 is 18.3 Å². The molecule has 0 unspecified atom stereocenters. The number of hydrogen-bond donors (Lipinski definition) is 0. The van der Waals surface area contributed by atoms with Gasteiger partial charge in [-0.2, -0.15) is 8.78 Å². The number of halogens is 4. The highest BCUT2D eigenvalue weighted by molar-refractivity contribution is 9.13. The lowest BCUT2D eigenvalue weighted by Gasteiger charge is -2.13. The van der Waals surface area contributed by atoms with Crippen LogP contribution < -0.4 is 9.47 Å². The van der Waals surface area contributed by atoms with Crippen LogP contribution in [0.5, 0.6) is 11.5 Å². The van der Waals surface area contributed by atoms with Crippen LogP contribution in [0.25, 0.3) is 0 Å². The topological polar surface area (TPSA) is 18.5 Å². The zero-order valence-electron chi connectivity index (χ0n) is 7.77. The molecular formula is C9H8Br2F2O2. The van der Waals surface area contributed by atoms with Gasteiger partial charge in [-0.15, -0.1) is 0 Å². The van der Waals surface area contributed by atoms with E-state index in [-0.39, 0.29) is 11.5 Å². The third-order valence-corrected chi connectivity index (χ3v) is 3.50. The summed E-state index contributed by atoms with van der Waals surface area (Å²) in [5, 5.41) is 0. The summed E-state index contributed by atoms with van der Waals surface area (Å²) in [6.45, 7) is -0.731. The number of benzene rings is 1. The highest BCUT2D eigenvalue weighted by Crippen LogP contribution is 2.41. The first kappa shape index (κ1) is 12.7. The molecule has 1 rings (SSSR count). The normalized spacial score (nSPS) is 10.5. The molecule has 0 atom stereocenters. The maximum atomic E-state index is 12.1. The predicted molar refractivity (Wildman–Crippen MR) is 59.6 cm³/mol. The molecule has 0 aliphatic rings. The Labute approximate surface area is 103 Å². The van der Waals surface area contributed by atoms with E-state index in [9.17, 15) is 8.78 Å². The minimum Gasteiger partial charge on any atom is -0.490 e. The molecule has 0 radical (unpaired) electrons. The lowest BCUT2D eigenvalue weighted by molar-refractivity contribution is -0.0520. The molecule has 0 aliphatic heterocycles. The Balaban J connectivity index is 3.10. The summed E-state index contributed by atoms with van der Waals surface area (Å²) in [4.78, 5) is 0. The Kier molecular flexibility index (Phi) is 4.79. The molecule has 15 heavy (non-hydrogen) atoms. The van der Waals surface area contributed by atoms with E-state index in [0.717, 1.165) is 0 Å². The van der Waals surface area contributed by atoms with Crippen LogP contribution in [0.1, 0.15) is 6.92 Å². The second-order valence-corrected chi connectivity index (χ2v) is 4.15. The summed E-state index contributed by atoms with van der Waals surface area (Å²) in [5.41, 5.74) is 0. The van der Waals surface area contributed by atoms with Gasteiger partial charge in [0.05, 0.1) is 11.1 Å². The molecule has 0 saturated heterocycles. The highest BCUT2D eigenvalue weighted by atomic mass is 79.9. The van der Waals surface area contributed by atoms with E-state index in [1.54, 1.807) is 19.1 Å². The molecule has 2 nitrogen and oxygen atoms in total. The second kappa shape index (κ2) is 5.65. The summed E-state index contributed by atoms with van der Waals surface area (Å²) in [6.07, 6.45) is 0. The molecule has 0 aliphatic carbocycles. The van der Waals surface area contributed by atoms with Crippen LogP contribution >= 0.6 is 31.9 Å². The molecule has 6 heteroatoms. The maximum absolute atomic E-state index is 12.1. The molecule has 0 saturated carbocycles. The van der Waals surface area contributed by atoms with E-state index in [4.69, 9.17) is 4.74 Å². The average Bonchev–Trinajstić information content (AvgIpc) is 2.17. The average molecular weight is 346 g/mol. The predicted octanol–water partition coefficient (Wildman–Crippen LogP) is 4.21. The Morgan fingerprint density at radius 1 is 1.33 bits per heavy atom. The zero-order valence-corrected chi connectivity index (χ0v) is 10.9. The van der Waals surface area contributed by atoms with Gasteiger partial charge in [0.25, 0.3) is 0 Å². The monoisotopic (exact) mass is 344 g/mol. The summed E-state index contributed by atoms with van der Waals surface area (Å²) in [6, 6.07) is 3.25. The van der Waals surface area contributed by atoms with Crippen LogP contribution in [0.4, 0.5) is 8.78 Å². The largest absolute Gasteiger partial charge is 0.490 e. The number of alkyl halides is 2. The van der Waals surface area contributed by atoms with Crippen LogP contribution in [-0.4, -0.2) is 13.2 Å². The van der Waals surface area contributed by atoms with Crippen molar-refractivity contribution in [2.45, 2.75) is 13.5 Å². The van der Waals surface area contributed by atoms with E-state index in [0.29, 0.717) is 15.6 Å². The number of ether oxygens (including phenoxy) is 2. The molecule has 84 valence electrons. The van der Waals surface area contributed by atoms with Crippen LogP contribution in [0, 0.1) is 0 Å². The van der Waals surface area contributed by atoms with E-state index >= 15 is 0 Å². The van der Waals surface area contributed by atoms with Gasteiger partial charge < -0.3 is 9.47 Å². The van der Waals surface area contributed by atoms with Gasteiger partial charge in [-0.3, -0.25) is 0 Å². The quantitative estimate of drug-likeness (QED) is 0.813. The lowest BCUT2D eigenvalue weighted by atomic mass is 10.3. The first-order valence-electron chi connectivity index (χ1n) is 4.11. The number of hydrogen-bond acceptors (Lipinski definition) is 2. The molecule has 0 fully saturated rings. The molecule has 0 N–H and O–H groups in total. The van der Waals surface area contributed by atoms with Crippen molar-refractivity contribution in [1.29, 1.82) is 0 Å². The standard InChI is InChI=1S/C9H8Br2F2O2/c1-2-14-6-4-3-5(10)7(11)8(6)15-9(12)13/h3-4,9H,2H2,1H3. The van der Waals surface area contributed by atoms with Crippen molar-refractivity contribution in [3.8, 4) is 11.5 Å². The van der Waals surface area contributed by atoms with Crippen LogP contribution in [0.15, 0.2) is 21.1 Å². The minimum atomic E-state index is -2.88. The van der Waals surface area contributed by atoms with Crippen molar-refractivity contribution in [3.05, 3.63) is 21.1 Å². The highest BCUT2D eigenvalue weighted by Gasteiger charge is 2.16. The van der Waals surface area contributed by atoms with Gasteiger partial charge in [0.2, 0.25) is 0 Å². The second-order valence-electron chi connectivity index (χ2n) is 2.50. The first-order chi connectivity index (χ1) is 7.06. The van der Waals surface area contributed by atoms with E-state index < -0.39 is 6.61 Å². The Morgan fingerprint density at radius 2 is 2.00 bits per heavy atom. The third kappa shape index (κ3) is 3.31. The van der Waals surface area contributed by atoms with Crippen molar-refractivity contribution in [3.63, 3.8) is 0 Å². The van der Waals surface area contributed by atoms with Gasteiger partial charge in [-0.25, -0.2) is 0 Å². The smallest absolute Gasteiger partial charge is 0.387 e. The van der Waals surface area contributed by atoms with Gasteiger partial charge in [0.1, 0.15) is 0 Å².